The molecule has 0 spiro atoms. The molecule has 0 saturated heterocycles. The van der Waals surface area contributed by atoms with Crippen molar-refractivity contribution in [3.8, 4) is 0 Å². The third-order valence-electron chi connectivity index (χ3n) is 0. The van der Waals surface area contributed by atoms with Crippen molar-refractivity contribution in [2.45, 2.75) is 0 Å². The van der Waals surface area contributed by atoms with Crippen LogP contribution in [0.2, 0.25) is 0 Å². The zero-order valence-corrected chi connectivity index (χ0v) is 5.26. The molecule has 0 atom stereocenters. The third-order valence-corrected chi connectivity index (χ3v) is 0. The van der Waals surface area contributed by atoms with Crippen LogP contribution in [0.4, 0.5) is 0 Å². The first-order chi connectivity index (χ1) is 1.00. The van der Waals surface area contributed by atoms with Crippen molar-refractivity contribution in [1.82, 2.24) is 0 Å². The van der Waals surface area contributed by atoms with Crippen molar-refractivity contribution >= 4 is 34.9 Å². The summed E-state index contributed by atoms with van der Waals surface area (Å²) in [6, 6.07) is 0. The normalized spacial score (nSPS) is 1.50. The molecule has 0 aliphatic carbocycles. The van der Waals surface area contributed by atoms with Crippen LogP contribution in [-0.2, 0) is 17.1 Å². The zero-order valence-electron chi connectivity index (χ0n) is 3.91. The minimum absolute atomic E-state index is 0. The maximum atomic E-state index is 6.47. The van der Waals surface area contributed by atoms with Gasteiger partial charge in [-0.1, -0.05) is 0 Å². The molecule has 0 saturated carbocycles. The summed E-state index contributed by atoms with van der Waals surface area (Å²) in [4.78, 5) is 0. The van der Waals surface area contributed by atoms with Crippen molar-refractivity contribution in [2.75, 3.05) is 0 Å². The smallest absolute Gasteiger partial charge is 1.00 e. The standard InChI is InChI=1S/ClHO.Mg.Mn.2H/c1-2;;;;/h2H;;;;/q;+2;;2*-1. The average Bonchev–Trinajstić information content (AvgIpc) is 1.00. The maximum absolute atomic E-state index is 6.47. The van der Waals surface area contributed by atoms with E-state index in [-0.39, 0.29) is 43.0 Å². The molecule has 0 unspecified atom stereocenters. The molecule has 0 bridgehead atoms. The Balaban J connectivity index is -0.000000000833. The quantitative estimate of drug-likeness (QED) is 0.461. The number of hydrogen-bond donors (Lipinski definition) is 1. The molecule has 1 nitrogen and oxygen atoms in total. The molecule has 0 amide bonds. The van der Waals surface area contributed by atoms with Gasteiger partial charge in [-0.25, -0.2) is 0 Å². The van der Waals surface area contributed by atoms with Gasteiger partial charge in [0, 0.05) is 17.1 Å². The summed E-state index contributed by atoms with van der Waals surface area (Å²) < 4.78 is 6.47. The fraction of sp³-hybridized carbons (Fsp3) is 0. The summed E-state index contributed by atoms with van der Waals surface area (Å²) >= 11 is 3.64. The summed E-state index contributed by atoms with van der Waals surface area (Å²) in [6.45, 7) is 0. The fourth-order valence-electron chi connectivity index (χ4n) is 0. The molecule has 25 valence electrons. The maximum Gasteiger partial charge on any atom is 2.00 e. The largest absolute Gasteiger partial charge is 2.00 e. The first-order valence-corrected chi connectivity index (χ1v) is 0.507. The van der Waals surface area contributed by atoms with Crippen LogP contribution in [0.25, 0.3) is 0 Å². The fourth-order valence-corrected chi connectivity index (χ4v) is 0. The van der Waals surface area contributed by atoms with Crippen LogP contribution in [-0.4, -0.2) is 27.7 Å². The van der Waals surface area contributed by atoms with E-state index in [1.807, 2.05) is 0 Å². The van der Waals surface area contributed by atoms with Crippen LogP contribution >= 0.6 is 11.9 Å². The second-order valence-electron chi connectivity index (χ2n) is 0. The Morgan fingerprint density at radius 1 is 1.50 bits per heavy atom. The second kappa shape index (κ2) is 24.0. The van der Waals surface area contributed by atoms with Crippen LogP contribution in [0.5, 0.6) is 0 Å². The van der Waals surface area contributed by atoms with Gasteiger partial charge in [-0.2, -0.15) is 0 Å². The molecule has 1 N–H and O–H groups in total. The average molecular weight is 134 g/mol. The summed E-state index contributed by atoms with van der Waals surface area (Å²) in [5.41, 5.74) is 0. The van der Waals surface area contributed by atoms with Gasteiger partial charge < -0.3 is 2.85 Å². The van der Waals surface area contributed by atoms with Gasteiger partial charge >= 0.3 is 23.1 Å². The molecule has 0 rings (SSSR count). The van der Waals surface area contributed by atoms with Crippen LogP contribution in [0.1, 0.15) is 2.85 Å². The van der Waals surface area contributed by atoms with Crippen LogP contribution in [0.3, 0.4) is 0 Å². The van der Waals surface area contributed by atoms with Crippen molar-refractivity contribution in [1.29, 1.82) is 0 Å². The summed E-state index contributed by atoms with van der Waals surface area (Å²) in [5.74, 6) is 0. The predicted molar refractivity (Wildman–Crippen MR) is 16.0 cm³/mol. The zero-order chi connectivity index (χ0) is 2.00. The molecule has 0 aromatic rings. The number of hydrogen-bond acceptors (Lipinski definition) is 1. The van der Waals surface area contributed by atoms with Crippen LogP contribution in [0, 0.1) is 0 Å². The van der Waals surface area contributed by atoms with Gasteiger partial charge in [0.2, 0.25) is 0 Å². The Bertz CT molecular complexity index is 13.5. The minimum atomic E-state index is 0. The van der Waals surface area contributed by atoms with Crippen molar-refractivity contribution in [3.05, 3.63) is 0 Å². The van der Waals surface area contributed by atoms with Crippen molar-refractivity contribution < 1.29 is 24.6 Å². The molecule has 0 aliphatic heterocycles. The van der Waals surface area contributed by atoms with E-state index in [0.29, 0.717) is 0 Å². The van der Waals surface area contributed by atoms with E-state index in [9.17, 15) is 0 Å². The van der Waals surface area contributed by atoms with E-state index >= 15 is 0 Å². The SMILES string of the molecule is OCl.[H-].[H-].[Mg+2].[Mn]. The Hall–Kier alpha value is 1.54. The Labute approximate surface area is 59.5 Å². The Kier molecular flexibility index (Phi) is 106. The summed E-state index contributed by atoms with van der Waals surface area (Å²) in [5, 5.41) is 0. The van der Waals surface area contributed by atoms with Gasteiger partial charge in [0.1, 0.15) is 0 Å². The van der Waals surface area contributed by atoms with E-state index < -0.39 is 0 Å². The van der Waals surface area contributed by atoms with Crippen molar-refractivity contribution in [2.24, 2.45) is 0 Å². The van der Waals surface area contributed by atoms with E-state index in [1.54, 1.807) is 0 Å². The third kappa shape index (κ3) is 9.64. The van der Waals surface area contributed by atoms with Crippen LogP contribution in [0.15, 0.2) is 0 Å². The topological polar surface area (TPSA) is 20.2 Å². The van der Waals surface area contributed by atoms with Crippen molar-refractivity contribution in [3.63, 3.8) is 0 Å². The van der Waals surface area contributed by atoms with E-state index in [2.05, 4.69) is 11.9 Å². The second-order valence-corrected chi connectivity index (χ2v) is 0. The molecule has 0 aromatic carbocycles. The number of halogens is 1. The number of rotatable bonds is 0. The molecule has 1 radical (unpaired) electrons. The first-order valence-electron chi connectivity index (χ1n) is 0.169. The monoisotopic (exact) mass is 133 g/mol. The Morgan fingerprint density at radius 2 is 1.50 bits per heavy atom. The van der Waals surface area contributed by atoms with Gasteiger partial charge in [-0.3, -0.25) is 4.66 Å². The molecule has 0 heterocycles. The molecular formula is H3ClMgMnO. The Morgan fingerprint density at radius 3 is 1.50 bits per heavy atom. The first kappa shape index (κ1) is 17.7. The van der Waals surface area contributed by atoms with Gasteiger partial charge in [-0.15, -0.1) is 0 Å². The molecule has 0 aliphatic rings. The van der Waals surface area contributed by atoms with Gasteiger partial charge in [-0.05, 0) is 0 Å². The van der Waals surface area contributed by atoms with Gasteiger partial charge in [0.05, 0.1) is 11.9 Å². The molecule has 4 heteroatoms. The predicted octanol–water partition coefficient (Wildman–Crippen LogP) is -0.0258. The molecule has 4 heavy (non-hydrogen) atoms. The minimum Gasteiger partial charge on any atom is -1.00 e. The van der Waals surface area contributed by atoms with Gasteiger partial charge in [0.25, 0.3) is 0 Å². The van der Waals surface area contributed by atoms with Gasteiger partial charge in [0.15, 0.2) is 0 Å². The van der Waals surface area contributed by atoms with E-state index in [0.717, 1.165) is 0 Å². The summed E-state index contributed by atoms with van der Waals surface area (Å²) in [6.07, 6.45) is 0. The molecular weight excluding hydrogens is 131 g/mol. The van der Waals surface area contributed by atoms with E-state index in [4.69, 9.17) is 4.66 Å². The molecule has 0 aromatic heterocycles. The summed E-state index contributed by atoms with van der Waals surface area (Å²) in [7, 11) is 0. The van der Waals surface area contributed by atoms with E-state index in [1.165, 1.54) is 0 Å². The molecule has 0 fully saturated rings. The van der Waals surface area contributed by atoms with Crippen LogP contribution < -0.4 is 0 Å².